The van der Waals surface area contributed by atoms with Crippen LogP contribution < -0.4 is 16.8 Å². The minimum Gasteiger partial charge on any atom is -0.370 e. The van der Waals surface area contributed by atoms with E-state index < -0.39 is 11.9 Å². The van der Waals surface area contributed by atoms with Gasteiger partial charge in [0.1, 0.15) is 0 Å². The summed E-state index contributed by atoms with van der Waals surface area (Å²) >= 11 is 0. The summed E-state index contributed by atoms with van der Waals surface area (Å²) in [6.45, 7) is 0. The highest BCUT2D eigenvalue weighted by Gasteiger charge is 2.14. The number of benzene rings is 2. The number of hydrogen-bond acceptors (Lipinski definition) is 3. The lowest BCUT2D eigenvalue weighted by Gasteiger charge is -2.12. The molecule has 0 unspecified atom stereocenters. The average Bonchev–Trinajstić information content (AvgIpc) is 2.55. The van der Waals surface area contributed by atoms with Crippen molar-refractivity contribution in [3.63, 3.8) is 0 Å². The topological polar surface area (TPSA) is 98.2 Å². The first kappa shape index (κ1) is 16.7. The third-order valence-corrected chi connectivity index (χ3v) is 3.51. The lowest BCUT2D eigenvalue weighted by Crippen LogP contribution is -2.36. The van der Waals surface area contributed by atoms with Gasteiger partial charge in [-0.2, -0.15) is 0 Å². The van der Waals surface area contributed by atoms with Gasteiger partial charge in [-0.3, -0.25) is 9.59 Å². The molecule has 0 aromatic heterocycles. The van der Waals surface area contributed by atoms with Crippen LogP contribution >= 0.6 is 0 Å². The minimum absolute atomic E-state index is 0.102. The van der Waals surface area contributed by atoms with Crippen molar-refractivity contribution < 1.29 is 9.59 Å². The monoisotopic (exact) mass is 311 g/mol. The Morgan fingerprint density at radius 2 is 1.57 bits per heavy atom. The molecule has 120 valence electrons. The SMILES string of the molecule is NC(=O)CC[C@H](N)C(=O)Nc1ccc(Cc2ccccc2)cc1. The van der Waals surface area contributed by atoms with Gasteiger partial charge in [0.2, 0.25) is 11.8 Å². The lowest BCUT2D eigenvalue weighted by atomic mass is 10.0. The predicted octanol–water partition coefficient (Wildman–Crippen LogP) is 1.81. The molecule has 5 nitrogen and oxygen atoms in total. The Morgan fingerprint density at radius 3 is 2.17 bits per heavy atom. The number of nitrogens with one attached hydrogen (secondary N) is 1. The van der Waals surface area contributed by atoms with Gasteiger partial charge in [0.05, 0.1) is 6.04 Å². The summed E-state index contributed by atoms with van der Waals surface area (Å²) in [7, 11) is 0. The lowest BCUT2D eigenvalue weighted by molar-refractivity contribution is -0.119. The maximum Gasteiger partial charge on any atom is 0.241 e. The van der Waals surface area contributed by atoms with E-state index >= 15 is 0 Å². The molecule has 0 radical (unpaired) electrons. The molecular formula is C18H21N3O2. The van der Waals surface area contributed by atoms with Gasteiger partial charge in [-0.05, 0) is 36.1 Å². The predicted molar refractivity (Wildman–Crippen MR) is 90.7 cm³/mol. The molecular weight excluding hydrogens is 290 g/mol. The van der Waals surface area contributed by atoms with Crippen molar-refractivity contribution >= 4 is 17.5 Å². The van der Waals surface area contributed by atoms with Crippen LogP contribution in [0.3, 0.4) is 0 Å². The second kappa shape index (κ2) is 8.10. The third kappa shape index (κ3) is 5.56. The summed E-state index contributed by atoms with van der Waals surface area (Å²) < 4.78 is 0. The Kier molecular flexibility index (Phi) is 5.88. The maximum atomic E-state index is 11.9. The Hall–Kier alpha value is -2.66. The van der Waals surface area contributed by atoms with Crippen molar-refractivity contribution in [2.75, 3.05) is 5.32 Å². The molecule has 0 spiro atoms. The maximum absolute atomic E-state index is 11.9. The molecule has 0 aliphatic rings. The number of amides is 2. The van der Waals surface area contributed by atoms with Crippen LogP contribution in [-0.2, 0) is 16.0 Å². The van der Waals surface area contributed by atoms with E-state index in [9.17, 15) is 9.59 Å². The first-order chi connectivity index (χ1) is 11.0. The third-order valence-electron chi connectivity index (χ3n) is 3.51. The highest BCUT2D eigenvalue weighted by atomic mass is 16.2. The number of primary amides is 1. The molecule has 0 bridgehead atoms. The number of rotatable bonds is 7. The fraction of sp³-hybridized carbons (Fsp3) is 0.222. The van der Waals surface area contributed by atoms with Crippen LogP contribution in [0.1, 0.15) is 24.0 Å². The summed E-state index contributed by atoms with van der Waals surface area (Å²) in [6, 6.07) is 17.0. The molecule has 0 heterocycles. The fourth-order valence-corrected chi connectivity index (χ4v) is 2.20. The first-order valence-corrected chi connectivity index (χ1v) is 7.52. The number of anilines is 1. The van der Waals surface area contributed by atoms with E-state index in [4.69, 9.17) is 11.5 Å². The Bertz CT molecular complexity index is 654. The van der Waals surface area contributed by atoms with Crippen LogP contribution in [-0.4, -0.2) is 17.9 Å². The smallest absolute Gasteiger partial charge is 0.241 e. The average molecular weight is 311 g/mol. The first-order valence-electron chi connectivity index (χ1n) is 7.52. The molecule has 2 aromatic rings. The van der Waals surface area contributed by atoms with Crippen LogP contribution in [0.25, 0.3) is 0 Å². The molecule has 0 saturated carbocycles. The summed E-state index contributed by atoms with van der Waals surface area (Å²) in [5.74, 6) is -0.777. The Morgan fingerprint density at radius 1 is 0.957 bits per heavy atom. The van der Waals surface area contributed by atoms with E-state index in [2.05, 4.69) is 17.4 Å². The van der Waals surface area contributed by atoms with E-state index in [0.29, 0.717) is 5.69 Å². The molecule has 2 aromatic carbocycles. The van der Waals surface area contributed by atoms with Crippen molar-refractivity contribution in [1.82, 2.24) is 0 Å². The number of carbonyl (C=O) groups is 2. The number of nitrogens with two attached hydrogens (primary N) is 2. The molecule has 0 saturated heterocycles. The molecule has 0 fully saturated rings. The van der Waals surface area contributed by atoms with E-state index in [-0.39, 0.29) is 18.7 Å². The van der Waals surface area contributed by atoms with E-state index in [1.54, 1.807) is 0 Å². The van der Waals surface area contributed by atoms with Crippen molar-refractivity contribution in [1.29, 1.82) is 0 Å². The summed E-state index contributed by atoms with van der Waals surface area (Å²) in [5, 5.41) is 2.74. The standard InChI is InChI=1S/C18H21N3O2/c19-16(10-11-17(20)22)18(23)21-15-8-6-14(7-9-15)12-13-4-2-1-3-5-13/h1-9,16H,10-12,19H2,(H2,20,22)(H,21,23)/t16-/m0/s1. The molecule has 0 aliphatic heterocycles. The molecule has 5 N–H and O–H groups in total. The highest BCUT2D eigenvalue weighted by molar-refractivity contribution is 5.94. The van der Waals surface area contributed by atoms with E-state index in [1.807, 2.05) is 42.5 Å². The van der Waals surface area contributed by atoms with Gasteiger partial charge >= 0.3 is 0 Å². The van der Waals surface area contributed by atoms with Crippen molar-refractivity contribution in [2.45, 2.75) is 25.3 Å². The molecule has 5 heteroatoms. The second-order valence-electron chi connectivity index (χ2n) is 5.46. The number of carbonyl (C=O) groups excluding carboxylic acids is 2. The van der Waals surface area contributed by atoms with Gasteiger partial charge in [0.25, 0.3) is 0 Å². The quantitative estimate of drug-likeness (QED) is 0.727. The van der Waals surface area contributed by atoms with Crippen LogP contribution in [0.4, 0.5) is 5.69 Å². The Labute approximate surface area is 135 Å². The summed E-state index contributed by atoms with van der Waals surface area (Å²) in [6.07, 6.45) is 1.19. The largest absolute Gasteiger partial charge is 0.370 e. The van der Waals surface area contributed by atoms with E-state index in [0.717, 1.165) is 12.0 Å². The van der Waals surface area contributed by atoms with Crippen molar-refractivity contribution in [3.05, 3.63) is 65.7 Å². The minimum atomic E-state index is -0.744. The molecule has 23 heavy (non-hydrogen) atoms. The van der Waals surface area contributed by atoms with Crippen molar-refractivity contribution in [3.8, 4) is 0 Å². The molecule has 2 rings (SSSR count). The van der Waals surface area contributed by atoms with Crippen LogP contribution in [0, 0.1) is 0 Å². The fourth-order valence-electron chi connectivity index (χ4n) is 2.20. The second-order valence-corrected chi connectivity index (χ2v) is 5.46. The van der Waals surface area contributed by atoms with Gasteiger partial charge in [0, 0.05) is 12.1 Å². The van der Waals surface area contributed by atoms with Gasteiger partial charge in [-0.15, -0.1) is 0 Å². The Balaban J connectivity index is 1.89. The van der Waals surface area contributed by atoms with Crippen LogP contribution in [0.2, 0.25) is 0 Å². The van der Waals surface area contributed by atoms with Gasteiger partial charge in [-0.1, -0.05) is 42.5 Å². The number of hydrogen-bond donors (Lipinski definition) is 3. The molecule has 2 amide bonds. The van der Waals surface area contributed by atoms with Crippen LogP contribution in [0.15, 0.2) is 54.6 Å². The summed E-state index contributed by atoms with van der Waals surface area (Å²) in [5.41, 5.74) is 13.8. The van der Waals surface area contributed by atoms with Crippen LogP contribution in [0.5, 0.6) is 0 Å². The zero-order chi connectivity index (χ0) is 16.7. The highest BCUT2D eigenvalue weighted by Crippen LogP contribution is 2.14. The van der Waals surface area contributed by atoms with Gasteiger partial charge in [0.15, 0.2) is 0 Å². The van der Waals surface area contributed by atoms with Crippen molar-refractivity contribution in [2.24, 2.45) is 11.5 Å². The zero-order valence-corrected chi connectivity index (χ0v) is 12.9. The van der Waals surface area contributed by atoms with E-state index in [1.165, 1.54) is 5.56 Å². The summed E-state index contributed by atoms with van der Waals surface area (Å²) in [4.78, 5) is 22.6. The normalized spacial score (nSPS) is 11.7. The van der Waals surface area contributed by atoms with Gasteiger partial charge in [-0.25, -0.2) is 0 Å². The molecule has 0 aliphatic carbocycles. The van der Waals surface area contributed by atoms with Gasteiger partial charge < -0.3 is 16.8 Å². The molecule has 1 atom stereocenters. The zero-order valence-electron chi connectivity index (χ0n) is 12.9.